The van der Waals surface area contributed by atoms with E-state index in [9.17, 15) is 0 Å². The largest absolute Gasteiger partial charge is 0.256 e. The molecule has 0 N–H and O–H groups in total. The maximum absolute atomic E-state index is 7.42. The molecule has 0 fully saturated rings. The van der Waals surface area contributed by atoms with Gasteiger partial charge < -0.3 is 0 Å². The first-order valence-electron chi connectivity index (χ1n) is 5.03. The maximum atomic E-state index is 7.42. The second-order valence-electron chi connectivity index (χ2n) is 2.52. The number of nitrogens with zero attached hydrogens (tertiary/aromatic N) is 1. The van der Waals surface area contributed by atoms with Gasteiger partial charge in [-0.2, -0.15) is 0 Å². The number of rotatable bonds is 0. The van der Waals surface area contributed by atoms with Crippen molar-refractivity contribution in [1.82, 2.24) is 4.98 Å². The van der Waals surface area contributed by atoms with E-state index in [-0.39, 0.29) is 0 Å². The molecule has 0 unspecified atom stereocenters. The van der Waals surface area contributed by atoms with E-state index in [1.165, 1.54) is 6.20 Å². The Labute approximate surface area is 83.8 Å². The third-order valence-electron chi connectivity index (χ3n) is 1.70. The Hall–Kier alpha value is -0.890. The highest BCUT2D eigenvalue weighted by Gasteiger charge is 1.97. The molecular weight excluding hydrogens is 214 g/mol. The molecule has 0 radical (unpaired) electrons. The zero-order chi connectivity index (χ0) is 11.1. The van der Waals surface area contributed by atoms with E-state index < -0.39 is 6.85 Å². The highest BCUT2D eigenvalue weighted by Crippen LogP contribution is 2.20. The van der Waals surface area contributed by atoms with Crippen LogP contribution in [0.2, 0.25) is 0 Å². The summed E-state index contributed by atoms with van der Waals surface area (Å²) in [5.41, 5.74) is 1.04. The molecule has 0 aliphatic rings. The smallest absolute Gasteiger partial charge is 0.0705 e. The fourth-order valence-electron chi connectivity index (χ4n) is 1.12. The number of pyridine rings is 1. The van der Waals surface area contributed by atoms with Crippen LogP contribution in [0, 0.1) is 6.85 Å². The second-order valence-corrected chi connectivity index (χ2v) is 3.44. The molecular formula is C10H8BrN. The monoisotopic (exact) mass is 224 g/mol. The first-order valence-corrected chi connectivity index (χ1v) is 4.32. The van der Waals surface area contributed by atoms with Gasteiger partial charge in [-0.15, -0.1) is 0 Å². The van der Waals surface area contributed by atoms with Crippen LogP contribution in [0.15, 0.2) is 34.9 Å². The zero-order valence-corrected chi connectivity index (χ0v) is 7.80. The van der Waals surface area contributed by atoms with Gasteiger partial charge in [-0.1, -0.05) is 15.9 Å². The van der Waals surface area contributed by atoms with Gasteiger partial charge >= 0.3 is 0 Å². The van der Waals surface area contributed by atoms with E-state index >= 15 is 0 Å². The summed E-state index contributed by atoms with van der Waals surface area (Å²) in [6.45, 7) is -2.10. The average molecular weight is 225 g/mol. The van der Waals surface area contributed by atoms with Crippen molar-refractivity contribution < 1.29 is 4.11 Å². The van der Waals surface area contributed by atoms with Gasteiger partial charge in [-0.3, -0.25) is 4.98 Å². The first kappa shape index (κ1) is 4.97. The Morgan fingerprint density at radius 1 is 1.42 bits per heavy atom. The molecule has 1 nitrogen and oxygen atoms in total. The number of benzene rings is 1. The molecule has 1 aromatic heterocycles. The first-order chi connectivity index (χ1) is 6.98. The summed E-state index contributed by atoms with van der Waals surface area (Å²) in [6, 6.07) is 6.97. The van der Waals surface area contributed by atoms with Crippen LogP contribution in [0.1, 0.15) is 9.68 Å². The molecule has 0 aliphatic heterocycles. The second kappa shape index (κ2) is 2.87. The summed E-state index contributed by atoms with van der Waals surface area (Å²) in [5.74, 6) is 0. The van der Waals surface area contributed by atoms with Crippen molar-refractivity contribution in [2.24, 2.45) is 0 Å². The predicted molar refractivity (Wildman–Crippen MR) is 54.2 cm³/mol. The molecule has 2 rings (SSSR count). The van der Waals surface area contributed by atoms with Crippen LogP contribution in [0.4, 0.5) is 0 Å². The van der Waals surface area contributed by atoms with Crippen molar-refractivity contribution in [3.05, 3.63) is 40.5 Å². The van der Waals surface area contributed by atoms with E-state index in [1.54, 1.807) is 18.2 Å². The summed E-state index contributed by atoms with van der Waals surface area (Å²) in [5, 5.41) is 0.673. The third-order valence-corrected chi connectivity index (χ3v) is 2.20. The van der Waals surface area contributed by atoms with Gasteiger partial charge in [0, 0.05) is 20.2 Å². The van der Waals surface area contributed by atoms with Crippen molar-refractivity contribution >= 4 is 26.8 Å². The summed E-state index contributed by atoms with van der Waals surface area (Å²) in [6.07, 6.45) is 1.53. The van der Waals surface area contributed by atoms with Crippen LogP contribution in [-0.4, -0.2) is 4.98 Å². The van der Waals surface area contributed by atoms with E-state index in [0.29, 0.717) is 16.5 Å². The lowest BCUT2D eigenvalue weighted by molar-refractivity contribution is 1.37. The van der Waals surface area contributed by atoms with Crippen molar-refractivity contribution in [3.63, 3.8) is 0 Å². The standard InChI is InChI=1S/C10H8BrN/c1-7-4-5-12-10-3-2-8(11)6-9(7)10/h2-6H,1H3/i1D3. The van der Waals surface area contributed by atoms with Crippen LogP contribution >= 0.6 is 15.9 Å². The quantitative estimate of drug-likeness (QED) is 0.670. The number of hydrogen-bond donors (Lipinski definition) is 0. The average Bonchev–Trinajstić information content (AvgIpc) is 2.15. The molecule has 0 spiro atoms. The van der Waals surface area contributed by atoms with E-state index in [1.807, 2.05) is 6.07 Å². The van der Waals surface area contributed by atoms with Crippen molar-refractivity contribution in [2.75, 3.05) is 0 Å². The van der Waals surface area contributed by atoms with Crippen LogP contribution in [0.25, 0.3) is 10.9 Å². The Kier molecular flexibility index (Phi) is 1.19. The molecule has 12 heavy (non-hydrogen) atoms. The molecule has 2 aromatic rings. The lowest BCUT2D eigenvalue weighted by Gasteiger charge is -2.00. The Bertz CT molecular complexity index is 507. The van der Waals surface area contributed by atoms with Crippen molar-refractivity contribution in [1.29, 1.82) is 0 Å². The molecule has 0 amide bonds. The highest BCUT2D eigenvalue weighted by atomic mass is 79.9. The lowest BCUT2D eigenvalue weighted by atomic mass is 10.1. The summed E-state index contributed by atoms with van der Waals surface area (Å²) < 4.78 is 23.1. The van der Waals surface area contributed by atoms with Crippen molar-refractivity contribution in [3.8, 4) is 0 Å². The van der Waals surface area contributed by atoms with Gasteiger partial charge in [-0.25, -0.2) is 0 Å². The molecule has 0 aliphatic carbocycles. The zero-order valence-electron chi connectivity index (χ0n) is 9.21. The van der Waals surface area contributed by atoms with Crippen LogP contribution < -0.4 is 0 Å². The number of aryl methyl sites for hydroxylation is 1. The van der Waals surface area contributed by atoms with Crippen molar-refractivity contribution in [2.45, 2.75) is 6.85 Å². The van der Waals surface area contributed by atoms with Gasteiger partial charge in [0.05, 0.1) is 5.52 Å². The number of aromatic nitrogens is 1. The minimum absolute atomic E-state index is 0.341. The predicted octanol–water partition coefficient (Wildman–Crippen LogP) is 3.31. The normalized spacial score (nSPS) is 15.2. The fraction of sp³-hybridized carbons (Fsp3) is 0.100. The Balaban J connectivity index is 2.80. The summed E-state index contributed by atoms with van der Waals surface area (Å²) in [7, 11) is 0. The SMILES string of the molecule is [2H]C([2H])([2H])c1ccnc2ccc(Br)cc12. The maximum Gasteiger partial charge on any atom is 0.0705 e. The molecule has 60 valence electrons. The van der Waals surface area contributed by atoms with Gasteiger partial charge in [-0.05, 0) is 36.7 Å². The number of hydrogen-bond acceptors (Lipinski definition) is 1. The molecule has 1 aromatic carbocycles. The summed E-state index contributed by atoms with van der Waals surface area (Å²) >= 11 is 3.32. The van der Waals surface area contributed by atoms with Gasteiger partial charge in [0.15, 0.2) is 0 Å². The molecule has 0 atom stereocenters. The van der Waals surface area contributed by atoms with E-state index in [0.717, 1.165) is 4.47 Å². The fourth-order valence-corrected chi connectivity index (χ4v) is 1.48. The summed E-state index contributed by atoms with van der Waals surface area (Å²) in [4.78, 5) is 4.13. The van der Waals surface area contributed by atoms with Crippen LogP contribution in [-0.2, 0) is 0 Å². The van der Waals surface area contributed by atoms with Crippen LogP contribution in [0.5, 0.6) is 0 Å². The molecule has 0 bridgehead atoms. The highest BCUT2D eigenvalue weighted by molar-refractivity contribution is 9.10. The molecule has 2 heteroatoms. The number of fused-ring (bicyclic) bond motifs is 1. The number of halogens is 1. The molecule has 0 saturated carbocycles. The van der Waals surface area contributed by atoms with Crippen LogP contribution in [0.3, 0.4) is 0 Å². The Morgan fingerprint density at radius 3 is 3.17 bits per heavy atom. The van der Waals surface area contributed by atoms with Gasteiger partial charge in [0.2, 0.25) is 0 Å². The Morgan fingerprint density at radius 2 is 2.33 bits per heavy atom. The van der Waals surface area contributed by atoms with E-state index in [4.69, 9.17) is 4.11 Å². The van der Waals surface area contributed by atoms with Gasteiger partial charge in [0.1, 0.15) is 0 Å². The molecule has 0 saturated heterocycles. The lowest BCUT2D eigenvalue weighted by Crippen LogP contribution is -1.81. The van der Waals surface area contributed by atoms with Gasteiger partial charge in [0.25, 0.3) is 0 Å². The minimum atomic E-state index is -2.10. The minimum Gasteiger partial charge on any atom is -0.256 e. The molecule has 1 heterocycles. The third kappa shape index (κ3) is 1.23. The topological polar surface area (TPSA) is 12.9 Å². The van der Waals surface area contributed by atoms with E-state index in [2.05, 4.69) is 20.9 Å².